The Morgan fingerprint density at radius 1 is 0.652 bits per heavy atom. The van der Waals surface area contributed by atoms with Gasteiger partial charge in [0.1, 0.15) is 0 Å². The molecule has 8 rings (SSSR count). The molecule has 0 spiro atoms. The predicted octanol–water partition coefficient (Wildman–Crippen LogP) is 6.13. The molecule has 2 aliphatic carbocycles. The van der Waals surface area contributed by atoms with E-state index >= 15 is 0 Å². The van der Waals surface area contributed by atoms with Crippen LogP contribution in [0.2, 0.25) is 10.0 Å². The maximum Gasteiger partial charge on any atom is 0.218 e. The molecule has 0 radical (unpaired) electrons. The fourth-order valence-corrected chi connectivity index (χ4v) is 8.49. The zero-order valence-corrected chi connectivity index (χ0v) is 27.4. The maximum atomic E-state index is 9.87. The van der Waals surface area contributed by atoms with E-state index in [2.05, 4.69) is 21.9 Å². The fraction of sp³-hybridized carbons (Fsp3) is 0.389. The van der Waals surface area contributed by atoms with Crippen LogP contribution in [-0.2, 0) is 12.8 Å². The number of aryl methyl sites for hydroxylation is 2. The van der Waals surface area contributed by atoms with Gasteiger partial charge in [-0.15, -0.1) is 0 Å². The van der Waals surface area contributed by atoms with Crippen molar-refractivity contribution in [3.05, 3.63) is 80.8 Å². The summed E-state index contributed by atoms with van der Waals surface area (Å²) in [4.78, 5) is 14.5. The molecule has 0 unspecified atom stereocenters. The highest BCUT2D eigenvalue weighted by molar-refractivity contribution is 6.39. The van der Waals surface area contributed by atoms with Crippen LogP contribution in [0.4, 0.5) is 0 Å². The minimum absolute atomic E-state index is 0.208. The van der Waals surface area contributed by atoms with E-state index in [-0.39, 0.29) is 24.3 Å². The minimum Gasteiger partial charge on any atom is -0.481 e. The van der Waals surface area contributed by atoms with Crippen molar-refractivity contribution in [3.63, 3.8) is 0 Å². The average molecular weight is 660 g/mol. The van der Waals surface area contributed by atoms with E-state index in [4.69, 9.17) is 42.6 Å². The van der Waals surface area contributed by atoms with Gasteiger partial charge in [0.25, 0.3) is 0 Å². The van der Waals surface area contributed by atoms with Gasteiger partial charge in [-0.2, -0.15) is 0 Å². The van der Waals surface area contributed by atoms with E-state index in [1.165, 1.54) is 11.1 Å². The van der Waals surface area contributed by atoms with Gasteiger partial charge in [0.15, 0.2) is 0 Å². The van der Waals surface area contributed by atoms with Crippen molar-refractivity contribution in [2.75, 3.05) is 40.4 Å². The van der Waals surface area contributed by atoms with Gasteiger partial charge in [-0.25, -0.2) is 9.97 Å². The zero-order chi connectivity index (χ0) is 31.7. The molecule has 8 nitrogen and oxygen atoms in total. The monoisotopic (exact) mass is 658 g/mol. The van der Waals surface area contributed by atoms with Crippen LogP contribution in [-0.4, -0.2) is 82.6 Å². The van der Waals surface area contributed by atoms with Crippen LogP contribution in [0.15, 0.2) is 48.5 Å². The predicted molar refractivity (Wildman–Crippen MR) is 179 cm³/mol. The van der Waals surface area contributed by atoms with Crippen LogP contribution < -0.4 is 9.47 Å². The molecule has 0 amide bonds. The number of aromatic nitrogens is 2. The highest BCUT2D eigenvalue weighted by Gasteiger charge is 2.39. The number of pyridine rings is 2. The number of nitrogens with zero attached hydrogens (tertiary/aromatic N) is 4. The molecule has 2 saturated heterocycles. The summed E-state index contributed by atoms with van der Waals surface area (Å²) in [6.45, 7) is 2.72. The summed E-state index contributed by atoms with van der Waals surface area (Å²) in [6.07, 6.45) is 3.27. The molecular weight excluding hydrogens is 623 g/mol. The third-order valence-electron chi connectivity index (χ3n) is 10.1. The van der Waals surface area contributed by atoms with E-state index in [0.717, 1.165) is 70.5 Å². The Bertz CT molecular complexity index is 1710. The van der Waals surface area contributed by atoms with E-state index in [0.29, 0.717) is 48.0 Å². The number of ether oxygens (including phenoxy) is 2. The standard InChI is InChI=1S/C36H36Cl2N4O4/c1-45-35-31-19(9-11-29(31)41-15-21(43)16-41)13-27(39-35)25-7-3-5-23(33(25)37)24-6-4-8-26(34(24)38)28-14-20-10-12-30(42-17-22(44)18-42)32(20)36(40-28)46-2/h3-8,13-14,21-22,29-30,43-44H,9-12,15-18H2,1-2H3/t29-,30+. The molecule has 2 aliphatic heterocycles. The summed E-state index contributed by atoms with van der Waals surface area (Å²) >= 11 is 14.4. The molecule has 4 aromatic rings. The lowest BCUT2D eigenvalue weighted by Crippen LogP contribution is -2.51. The number of rotatable bonds is 7. The Labute approximate surface area is 278 Å². The van der Waals surface area contributed by atoms with Gasteiger partial charge in [0.2, 0.25) is 11.8 Å². The number of benzene rings is 2. The summed E-state index contributed by atoms with van der Waals surface area (Å²) in [5.74, 6) is 1.23. The first kappa shape index (κ1) is 30.1. The van der Waals surface area contributed by atoms with Crippen LogP contribution in [0.5, 0.6) is 11.8 Å². The van der Waals surface area contributed by atoms with Gasteiger partial charge in [-0.1, -0.05) is 59.6 Å². The van der Waals surface area contributed by atoms with Gasteiger partial charge in [-0.05, 0) is 48.9 Å². The van der Waals surface area contributed by atoms with Crippen LogP contribution >= 0.6 is 23.2 Å². The number of β-amino-alcohol motifs (C(OH)–C–C–N with tert-alkyl or cyclic N) is 2. The van der Waals surface area contributed by atoms with Crippen molar-refractivity contribution in [1.29, 1.82) is 0 Å². The summed E-state index contributed by atoms with van der Waals surface area (Å²) in [7, 11) is 3.32. The van der Waals surface area contributed by atoms with Crippen molar-refractivity contribution in [2.45, 2.75) is 50.0 Å². The normalized spacial score (nSPS) is 21.5. The Morgan fingerprint density at radius 2 is 1.04 bits per heavy atom. The molecule has 0 saturated carbocycles. The molecule has 10 heteroatoms. The van der Waals surface area contributed by atoms with Crippen LogP contribution in [0.25, 0.3) is 33.6 Å². The van der Waals surface area contributed by atoms with Crippen molar-refractivity contribution < 1.29 is 19.7 Å². The summed E-state index contributed by atoms with van der Waals surface area (Å²) < 4.78 is 11.6. The number of halogens is 2. The lowest BCUT2D eigenvalue weighted by atomic mass is 9.96. The van der Waals surface area contributed by atoms with Crippen molar-refractivity contribution in [2.24, 2.45) is 0 Å². The minimum atomic E-state index is -0.256. The smallest absolute Gasteiger partial charge is 0.218 e. The molecule has 4 heterocycles. The fourth-order valence-electron chi connectivity index (χ4n) is 7.84. The van der Waals surface area contributed by atoms with Crippen LogP contribution in [0.1, 0.15) is 47.2 Å². The number of methoxy groups -OCH3 is 2. The Hall–Kier alpha value is -3.24. The van der Waals surface area contributed by atoms with Gasteiger partial charge >= 0.3 is 0 Å². The molecule has 2 aromatic carbocycles. The Kier molecular flexibility index (Phi) is 7.71. The van der Waals surface area contributed by atoms with Crippen molar-refractivity contribution >= 4 is 23.2 Å². The van der Waals surface area contributed by atoms with E-state index in [1.807, 2.05) is 36.4 Å². The number of hydrogen-bond donors (Lipinski definition) is 2. The first-order valence-electron chi connectivity index (χ1n) is 15.9. The summed E-state index contributed by atoms with van der Waals surface area (Å²) in [5, 5.41) is 20.9. The third kappa shape index (κ3) is 4.89. The van der Waals surface area contributed by atoms with Crippen LogP contribution in [0.3, 0.4) is 0 Å². The second-order valence-electron chi connectivity index (χ2n) is 12.8. The molecule has 2 fully saturated rings. The molecule has 0 bridgehead atoms. The molecular formula is C36H36Cl2N4O4. The largest absolute Gasteiger partial charge is 0.481 e. The van der Waals surface area contributed by atoms with E-state index < -0.39 is 0 Å². The van der Waals surface area contributed by atoms with E-state index in [9.17, 15) is 10.2 Å². The van der Waals surface area contributed by atoms with Crippen molar-refractivity contribution in [3.8, 4) is 45.4 Å². The number of aliphatic hydroxyl groups excluding tert-OH is 2. The Balaban J connectivity index is 1.15. The zero-order valence-electron chi connectivity index (χ0n) is 25.8. The van der Waals surface area contributed by atoms with Gasteiger partial charge in [-0.3, -0.25) is 9.80 Å². The second-order valence-corrected chi connectivity index (χ2v) is 13.6. The molecule has 2 N–H and O–H groups in total. The van der Waals surface area contributed by atoms with Gasteiger partial charge in [0, 0.05) is 71.6 Å². The number of likely N-dealkylation sites (tertiary alicyclic amines) is 2. The van der Waals surface area contributed by atoms with Gasteiger partial charge < -0.3 is 19.7 Å². The average Bonchev–Trinajstić information content (AvgIpc) is 3.65. The first-order chi connectivity index (χ1) is 22.3. The summed E-state index contributed by atoms with van der Waals surface area (Å²) in [6, 6.07) is 16.6. The van der Waals surface area contributed by atoms with Crippen molar-refractivity contribution in [1.82, 2.24) is 19.8 Å². The highest BCUT2D eigenvalue weighted by atomic mass is 35.5. The second kappa shape index (κ2) is 11.8. The molecule has 2 aromatic heterocycles. The van der Waals surface area contributed by atoms with E-state index in [1.54, 1.807) is 14.2 Å². The first-order valence-corrected chi connectivity index (χ1v) is 16.7. The quantitative estimate of drug-likeness (QED) is 0.245. The molecule has 46 heavy (non-hydrogen) atoms. The summed E-state index contributed by atoms with van der Waals surface area (Å²) in [5.41, 5.74) is 9.40. The number of aliphatic hydroxyl groups is 2. The molecule has 4 aliphatic rings. The SMILES string of the molecule is COc1nc(-c2cccc(-c3cccc(-c4cc5c(c(OC)n4)[C@@H](N4CC(O)C4)CC5)c3Cl)c2Cl)cc2c1[C@H](N1CC(O)C1)CC2. The third-order valence-corrected chi connectivity index (χ3v) is 11.0. The number of fused-ring (bicyclic) bond motifs is 2. The number of hydrogen-bond acceptors (Lipinski definition) is 8. The highest BCUT2D eigenvalue weighted by Crippen LogP contribution is 2.48. The lowest BCUT2D eigenvalue weighted by Gasteiger charge is -2.40. The van der Waals surface area contributed by atoms with Crippen LogP contribution in [0, 0.1) is 0 Å². The maximum absolute atomic E-state index is 9.87. The lowest BCUT2D eigenvalue weighted by molar-refractivity contribution is -0.0257. The Morgan fingerprint density at radius 3 is 1.41 bits per heavy atom. The topological polar surface area (TPSA) is 91.2 Å². The molecule has 2 atom stereocenters. The molecule has 238 valence electrons. The van der Waals surface area contributed by atoms with Gasteiger partial charge in [0.05, 0.1) is 47.9 Å².